The van der Waals surface area contributed by atoms with E-state index in [1.54, 1.807) is 6.07 Å². The van der Waals surface area contributed by atoms with Crippen LogP contribution in [0, 0.1) is 20.8 Å². The lowest BCUT2D eigenvalue weighted by molar-refractivity contribution is -0.140. The molecule has 0 aromatic heterocycles. The maximum atomic E-state index is 14.0. The van der Waals surface area contributed by atoms with Crippen LogP contribution in [0.2, 0.25) is 0 Å². The number of amides is 2. The fourth-order valence-electron chi connectivity index (χ4n) is 4.50. The number of likely N-dealkylation sites (N-methyl/N-ethyl adjacent to an activating group) is 1. The maximum Gasteiger partial charge on any atom is 0.244 e. The zero-order valence-electron chi connectivity index (χ0n) is 22.8. The minimum absolute atomic E-state index is 0.171. The summed E-state index contributed by atoms with van der Waals surface area (Å²) in [6, 6.07) is 21.8. The van der Waals surface area contributed by atoms with E-state index in [1.165, 1.54) is 4.90 Å². The molecule has 2 amide bonds. The SMILES string of the molecule is CCNC(=O)[C@H](Cc1ccccc1)N(Cc1ccccc1C)C(=O)CN(c1ccc(C)cc1C)S(C)(=O)=O. The predicted molar refractivity (Wildman–Crippen MR) is 152 cm³/mol. The third-order valence-electron chi connectivity index (χ3n) is 6.52. The number of hydrogen-bond acceptors (Lipinski definition) is 4. The quantitative estimate of drug-likeness (QED) is 0.400. The number of carbonyl (C=O) groups is 2. The Labute approximate surface area is 226 Å². The molecule has 0 fully saturated rings. The molecule has 1 atom stereocenters. The Morgan fingerprint density at radius 2 is 1.55 bits per heavy atom. The van der Waals surface area contributed by atoms with Crippen molar-refractivity contribution in [3.05, 3.63) is 101 Å². The molecule has 1 N–H and O–H groups in total. The molecule has 3 aromatic carbocycles. The highest BCUT2D eigenvalue weighted by Gasteiger charge is 2.33. The molecule has 8 heteroatoms. The van der Waals surface area contributed by atoms with Crippen LogP contribution in [0.1, 0.15) is 34.7 Å². The monoisotopic (exact) mass is 535 g/mol. The van der Waals surface area contributed by atoms with Gasteiger partial charge in [-0.25, -0.2) is 8.42 Å². The van der Waals surface area contributed by atoms with E-state index in [2.05, 4.69) is 5.32 Å². The van der Waals surface area contributed by atoms with Crippen LogP contribution in [0.15, 0.2) is 72.8 Å². The van der Waals surface area contributed by atoms with Gasteiger partial charge in [-0.3, -0.25) is 13.9 Å². The first kappa shape index (κ1) is 28.9. The fourth-order valence-corrected chi connectivity index (χ4v) is 5.40. The molecular weight excluding hydrogens is 498 g/mol. The molecule has 0 saturated heterocycles. The average molecular weight is 536 g/mol. The summed E-state index contributed by atoms with van der Waals surface area (Å²) in [4.78, 5) is 28.9. The lowest BCUT2D eigenvalue weighted by atomic mass is 10.0. The van der Waals surface area contributed by atoms with Gasteiger partial charge in [0.25, 0.3) is 0 Å². The van der Waals surface area contributed by atoms with Crippen molar-refractivity contribution in [2.45, 2.75) is 46.7 Å². The van der Waals surface area contributed by atoms with Crippen molar-refractivity contribution in [3.63, 3.8) is 0 Å². The van der Waals surface area contributed by atoms with Crippen LogP contribution in [0.4, 0.5) is 5.69 Å². The largest absolute Gasteiger partial charge is 0.355 e. The number of rotatable bonds is 11. The highest BCUT2D eigenvalue weighted by molar-refractivity contribution is 7.92. The number of carbonyl (C=O) groups excluding carboxylic acids is 2. The Balaban J connectivity index is 2.07. The first-order valence-electron chi connectivity index (χ1n) is 12.7. The van der Waals surface area contributed by atoms with Gasteiger partial charge in [0.1, 0.15) is 12.6 Å². The Morgan fingerprint density at radius 1 is 0.895 bits per heavy atom. The van der Waals surface area contributed by atoms with Crippen molar-refractivity contribution in [1.82, 2.24) is 10.2 Å². The number of anilines is 1. The van der Waals surface area contributed by atoms with E-state index in [0.717, 1.165) is 38.4 Å². The van der Waals surface area contributed by atoms with Crippen molar-refractivity contribution in [1.29, 1.82) is 0 Å². The molecule has 0 unspecified atom stereocenters. The molecule has 0 spiro atoms. The molecule has 0 bridgehead atoms. The molecule has 202 valence electrons. The topological polar surface area (TPSA) is 86.8 Å². The summed E-state index contributed by atoms with van der Waals surface area (Å²) >= 11 is 0. The lowest BCUT2D eigenvalue weighted by Crippen LogP contribution is -2.53. The smallest absolute Gasteiger partial charge is 0.244 e. The summed E-state index contributed by atoms with van der Waals surface area (Å²) in [6.45, 7) is 7.70. The standard InChI is InChI=1S/C30H37N3O4S/c1-6-31-30(35)28(19-25-13-8-7-9-14-25)32(20-26-15-11-10-12-23(26)3)29(34)21-33(38(5,36)37)27-17-16-22(2)18-24(27)4/h7-18,28H,6,19-21H2,1-5H3,(H,31,35)/t28-/m0/s1. The van der Waals surface area contributed by atoms with Crippen LogP contribution >= 0.6 is 0 Å². The van der Waals surface area contributed by atoms with E-state index in [4.69, 9.17) is 0 Å². The molecule has 0 aliphatic carbocycles. The Morgan fingerprint density at radius 3 is 2.16 bits per heavy atom. The molecular formula is C30H37N3O4S. The van der Waals surface area contributed by atoms with Gasteiger partial charge in [-0.1, -0.05) is 72.3 Å². The van der Waals surface area contributed by atoms with Crippen molar-refractivity contribution in [3.8, 4) is 0 Å². The van der Waals surface area contributed by atoms with Crippen molar-refractivity contribution in [2.24, 2.45) is 0 Å². The van der Waals surface area contributed by atoms with Crippen molar-refractivity contribution < 1.29 is 18.0 Å². The normalized spacial score (nSPS) is 12.0. The number of sulfonamides is 1. The highest BCUT2D eigenvalue weighted by atomic mass is 32.2. The van der Waals surface area contributed by atoms with Crippen LogP contribution < -0.4 is 9.62 Å². The van der Waals surface area contributed by atoms with Gasteiger partial charge in [-0.2, -0.15) is 0 Å². The van der Waals surface area contributed by atoms with Gasteiger partial charge in [0.05, 0.1) is 11.9 Å². The minimum Gasteiger partial charge on any atom is -0.355 e. The van der Waals surface area contributed by atoms with Gasteiger partial charge in [0.2, 0.25) is 21.8 Å². The van der Waals surface area contributed by atoms with Gasteiger partial charge in [-0.15, -0.1) is 0 Å². The van der Waals surface area contributed by atoms with Crippen molar-refractivity contribution >= 4 is 27.5 Å². The molecule has 38 heavy (non-hydrogen) atoms. The van der Waals surface area contributed by atoms with Crippen LogP contribution in [-0.4, -0.2) is 50.5 Å². The first-order valence-corrected chi connectivity index (χ1v) is 14.6. The summed E-state index contributed by atoms with van der Waals surface area (Å²) < 4.78 is 27.0. The number of benzene rings is 3. The van der Waals surface area contributed by atoms with Crippen LogP contribution in [0.3, 0.4) is 0 Å². The fraction of sp³-hybridized carbons (Fsp3) is 0.333. The van der Waals surface area contributed by atoms with Crippen LogP contribution in [0.5, 0.6) is 0 Å². The van der Waals surface area contributed by atoms with Crippen LogP contribution in [-0.2, 0) is 32.6 Å². The van der Waals surface area contributed by atoms with Gasteiger partial charge >= 0.3 is 0 Å². The Kier molecular flexibility index (Phi) is 9.69. The second-order valence-corrected chi connectivity index (χ2v) is 11.5. The van der Waals surface area contributed by atoms with E-state index in [-0.39, 0.29) is 12.5 Å². The molecule has 0 radical (unpaired) electrons. The molecule has 7 nitrogen and oxygen atoms in total. The van der Waals surface area contributed by atoms with E-state index < -0.39 is 28.5 Å². The summed E-state index contributed by atoms with van der Waals surface area (Å²) in [5.74, 6) is -0.735. The number of hydrogen-bond donors (Lipinski definition) is 1. The minimum atomic E-state index is -3.79. The van der Waals surface area contributed by atoms with E-state index in [9.17, 15) is 18.0 Å². The summed E-state index contributed by atoms with van der Waals surface area (Å²) in [6.07, 6.45) is 1.39. The van der Waals surface area contributed by atoms with Crippen LogP contribution in [0.25, 0.3) is 0 Å². The van der Waals surface area contributed by atoms with E-state index in [1.807, 2.05) is 94.4 Å². The third kappa shape index (κ3) is 7.44. The highest BCUT2D eigenvalue weighted by Crippen LogP contribution is 2.25. The van der Waals surface area contributed by atoms with Gasteiger partial charge < -0.3 is 10.2 Å². The Bertz CT molecular complexity index is 1370. The van der Waals surface area contributed by atoms with E-state index >= 15 is 0 Å². The summed E-state index contributed by atoms with van der Waals surface area (Å²) in [7, 11) is -3.79. The molecule has 0 heterocycles. The predicted octanol–water partition coefficient (Wildman–Crippen LogP) is 4.15. The molecule has 3 rings (SSSR count). The summed E-state index contributed by atoms with van der Waals surface area (Å²) in [5.41, 5.74) is 4.96. The van der Waals surface area contributed by atoms with Gasteiger partial charge in [0.15, 0.2) is 0 Å². The molecule has 0 saturated carbocycles. The molecule has 0 aliphatic rings. The molecule has 0 aliphatic heterocycles. The second kappa shape index (κ2) is 12.7. The Hall–Kier alpha value is -3.65. The zero-order chi connectivity index (χ0) is 27.9. The van der Waals surface area contributed by atoms with Crippen molar-refractivity contribution in [2.75, 3.05) is 23.7 Å². The lowest BCUT2D eigenvalue weighted by Gasteiger charge is -2.34. The third-order valence-corrected chi connectivity index (χ3v) is 7.65. The number of nitrogens with zero attached hydrogens (tertiary/aromatic N) is 2. The summed E-state index contributed by atoms with van der Waals surface area (Å²) in [5, 5.41) is 2.87. The second-order valence-electron chi connectivity index (χ2n) is 9.61. The first-order chi connectivity index (χ1) is 18.0. The van der Waals surface area contributed by atoms with Gasteiger partial charge in [-0.05, 0) is 56.0 Å². The van der Waals surface area contributed by atoms with E-state index in [0.29, 0.717) is 18.7 Å². The zero-order valence-corrected chi connectivity index (χ0v) is 23.6. The average Bonchev–Trinajstić information content (AvgIpc) is 2.86. The molecule has 3 aromatic rings. The number of aryl methyl sites for hydroxylation is 3. The number of nitrogens with one attached hydrogen (secondary N) is 1. The van der Waals surface area contributed by atoms with Gasteiger partial charge in [0, 0.05) is 19.5 Å². The maximum absolute atomic E-state index is 14.0.